The van der Waals surface area contributed by atoms with Crippen molar-refractivity contribution in [3.05, 3.63) is 65.5 Å². The van der Waals surface area contributed by atoms with Gasteiger partial charge in [0.15, 0.2) is 5.76 Å². The number of aryl methyl sites for hydroxylation is 1. The number of nitrogens with zero attached hydrogens (tertiary/aromatic N) is 2. The van der Waals surface area contributed by atoms with Crippen molar-refractivity contribution in [3.8, 4) is 11.5 Å². The Morgan fingerprint density at radius 2 is 1.94 bits per heavy atom. The lowest BCUT2D eigenvalue weighted by Gasteiger charge is -2.09. The van der Waals surface area contributed by atoms with E-state index in [0.717, 1.165) is 17.7 Å². The lowest BCUT2D eigenvalue weighted by molar-refractivity contribution is -0.116. The number of rotatable bonds is 7. The Hall–Kier alpha value is -3.94. The van der Waals surface area contributed by atoms with E-state index < -0.39 is 0 Å². The molecule has 0 unspecified atom stereocenters. The Morgan fingerprint density at radius 1 is 1.13 bits per heavy atom. The lowest BCUT2D eigenvalue weighted by Crippen LogP contribution is -2.23. The fraction of sp³-hybridized carbons (Fsp3) is 0.217. The fourth-order valence-corrected chi connectivity index (χ4v) is 3.26. The summed E-state index contributed by atoms with van der Waals surface area (Å²) in [6.07, 6.45) is 2.83. The highest BCUT2D eigenvalue weighted by atomic mass is 16.5. The van der Waals surface area contributed by atoms with Gasteiger partial charge in [-0.15, -0.1) is 0 Å². The first-order valence-corrected chi connectivity index (χ1v) is 10.0. The van der Waals surface area contributed by atoms with E-state index in [9.17, 15) is 9.59 Å². The summed E-state index contributed by atoms with van der Waals surface area (Å²) in [5.41, 5.74) is 3.41. The highest BCUT2D eigenvalue weighted by Crippen LogP contribution is 2.27. The molecule has 3 aromatic heterocycles. The van der Waals surface area contributed by atoms with Crippen molar-refractivity contribution in [3.63, 3.8) is 0 Å². The van der Waals surface area contributed by atoms with Gasteiger partial charge in [-0.3, -0.25) is 9.59 Å². The maximum Gasteiger partial charge on any atom is 0.259 e. The van der Waals surface area contributed by atoms with Crippen LogP contribution in [0.1, 0.15) is 41.4 Å². The summed E-state index contributed by atoms with van der Waals surface area (Å²) in [5.74, 6) is 0.249. The summed E-state index contributed by atoms with van der Waals surface area (Å²) in [7, 11) is 0. The molecule has 0 fully saturated rings. The van der Waals surface area contributed by atoms with Crippen molar-refractivity contribution >= 4 is 28.6 Å². The number of benzene rings is 1. The molecule has 0 aliphatic heterocycles. The van der Waals surface area contributed by atoms with Crippen LogP contribution in [0.3, 0.4) is 0 Å². The molecule has 4 rings (SSSR count). The zero-order valence-electron chi connectivity index (χ0n) is 17.3. The molecular weight excluding hydrogens is 396 g/mol. The number of aromatic nitrogens is 2. The predicted octanol–water partition coefficient (Wildman–Crippen LogP) is 4.46. The first-order chi connectivity index (χ1) is 15.0. The van der Waals surface area contributed by atoms with Gasteiger partial charge in [-0.25, -0.2) is 4.98 Å². The molecule has 0 aliphatic rings. The molecule has 1 aromatic carbocycles. The summed E-state index contributed by atoms with van der Waals surface area (Å²) in [6.45, 7) is 4.05. The zero-order valence-corrected chi connectivity index (χ0v) is 17.3. The van der Waals surface area contributed by atoms with Crippen LogP contribution in [0.25, 0.3) is 22.6 Å². The van der Waals surface area contributed by atoms with E-state index in [-0.39, 0.29) is 17.5 Å². The minimum absolute atomic E-state index is 0.0123. The molecule has 4 aromatic rings. The van der Waals surface area contributed by atoms with Crippen molar-refractivity contribution in [1.82, 2.24) is 15.5 Å². The molecule has 0 radical (unpaired) electrons. The number of nitrogens with one attached hydrogen (secondary N) is 2. The van der Waals surface area contributed by atoms with Gasteiger partial charge in [0, 0.05) is 18.7 Å². The Balaban J connectivity index is 1.51. The van der Waals surface area contributed by atoms with Gasteiger partial charge in [0.2, 0.25) is 5.91 Å². The van der Waals surface area contributed by atoms with Crippen LogP contribution < -0.4 is 10.6 Å². The molecule has 0 atom stereocenters. The summed E-state index contributed by atoms with van der Waals surface area (Å²) < 4.78 is 10.7. The van der Waals surface area contributed by atoms with E-state index in [1.807, 2.05) is 31.2 Å². The number of hydrogen-bond acceptors (Lipinski definition) is 6. The van der Waals surface area contributed by atoms with Crippen LogP contribution in [-0.2, 0) is 11.3 Å². The van der Waals surface area contributed by atoms with Gasteiger partial charge >= 0.3 is 0 Å². The first kappa shape index (κ1) is 20.3. The molecule has 8 nitrogen and oxygen atoms in total. The van der Waals surface area contributed by atoms with Crippen LogP contribution in [0, 0.1) is 6.92 Å². The number of furan rings is 1. The number of hydrogen-bond donors (Lipinski definition) is 2. The Labute approximate surface area is 178 Å². The molecule has 0 bridgehead atoms. The standard InChI is InChI=1S/C23H22N4O4/c1-3-5-20(28)25-16-9-7-15(8-10-16)13-24-22(29)17-12-18(19-6-4-11-30-19)26-23-21(17)14(2)27-31-23/h4,6-12H,3,5,13H2,1-2H3,(H,24,29)(H,25,28). The van der Waals surface area contributed by atoms with E-state index in [1.54, 1.807) is 31.4 Å². The van der Waals surface area contributed by atoms with Crippen LogP contribution in [0.2, 0.25) is 0 Å². The van der Waals surface area contributed by atoms with Crippen LogP contribution in [0.4, 0.5) is 5.69 Å². The summed E-state index contributed by atoms with van der Waals surface area (Å²) in [6, 6.07) is 12.6. The molecular formula is C23H22N4O4. The minimum Gasteiger partial charge on any atom is -0.463 e. The quantitative estimate of drug-likeness (QED) is 0.458. The SMILES string of the molecule is CCCC(=O)Nc1ccc(CNC(=O)c2cc(-c3ccco3)nc3onc(C)c23)cc1. The Kier molecular flexibility index (Phi) is 5.79. The van der Waals surface area contributed by atoms with Crippen molar-refractivity contribution in [2.75, 3.05) is 5.32 Å². The smallest absolute Gasteiger partial charge is 0.259 e. The Morgan fingerprint density at radius 3 is 2.65 bits per heavy atom. The average Bonchev–Trinajstić information content (AvgIpc) is 3.43. The number of carbonyl (C=O) groups excluding carboxylic acids is 2. The predicted molar refractivity (Wildman–Crippen MR) is 115 cm³/mol. The van der Waals surface area contributed by atoms with E-state index in [4.69, 9.17) is 8.94 Å². The fourth-order valence-electron chi connectivity index (χ4n) is 3.26. The molecule has 3 heterocycles. The third-order valence-corrected chi connectivity index (χ3v) is 4.80. The van der Waals surface area contributed by atoms with Crippen molar-refractivity contribution in [2.24, 2.45) is 0 Å². The van der Waals surface area contributed by atoms with Crippen LogP contribution in [0.15, 0.2) is 57.7 Å². The van der Waals surface area contributed by atoms with Crippen molar-refractivity contribution in [2.45, 2.75) is 33.2 Å². The molecule has 2 N–H and O–H groups in total. The molecule has 0 spiro atoms. The molecule has 8 heteroatoms. The lowest BCUT2D eigenvalue weighted by atomic mass is 10.1. The molecule has 0 saturated carbocycles. The summed E-state index contributed by atoms with van der Waals surface area (Å²) in [5, 5.41) is 10.3. The highest BCUT2D eigenvalue weighted by molar-refractivity contribution is 6.06. The summed E-state index contributed by atoms with van der Waals surface area (Å²) >= 11 is 0. The van der Waals surface area contributed by atoms with E-state index in [0.29, 0.717) is 41.1 Å². The van der Waals surface area contributed by atoms with E-state index in [1.165, 1.54) is 0 Å². The topological polar surface area (TPSA) is 110 Å². The first-order valence-electron chi connectivity index (χ1n) is 10.0. The van der Waals surface area contributed by atoms with Crippen molar-refractivity contribution < 1.29 is 18.5 Å². The monoisotopic (exact) mass is 418 g/mol. The van der Waals surface area contributed by atoms with Gasteiger partial charge in [0.25, 0.3) is 11.6 Å². The molecule has 2 amide bonds. The highest BCUT2D eigenvalue weighted by Gasteiger charge is 2.20. The second kappa shape index (κ2) is 8.83. The maximum atomic E-state index is 13.0. The largest absolute Gasteiger partial charge is 0.463 e. The number of carbonyl (C=O) groups is 2. The van der Waals surface area contributed by atoms with Crippen molar-refractivity contribution in [1.29, 1.82) is 0 Å². The van der Waals surface area contributed by atoms with E-state index >= 15 is 0 Å². The van der Waals surface area contributed by atoms with Gasteiger partial charge in [-0.1, -0.05) is 24.2 Å². The normalized spacial score (nSPS) is 10.9. The van der Waals surface area contributed by atoms with Gasteiger partial charge in [0.05, 0.1) is 22.9 Å². The van der Waals surface area contributed by atoms with Gasteiger partial charge < -0.3 is 19.6 Å². The second-order valence-corrected chi connectivity index (χ2v) is 7.16. The van der Waals surface area contributed by atoms with Gasteiger partial charge in [-0.05, 0) is 49.2 Å². The van der Waals surface area contributed by atoms with E-state index in [2.05, 4.69) is 20.8 Å². The molecule has 31 heavy (non-hydrogen) atoms. The number of pyridine rings is 1. The van der Waals surface area contributed by atoms with Gasteiger partial charge in [-0.2, -0.15) is 0 Å². The van der Waals surface area contributed by atoms with Gasteiger partial charge in [0.1, 0.15) is 5.69 Å². The number of amides is 2. The second-order valence-electron chi connectivity index (χ2n) is 7.16. The van der Waals surface area contributed by atoms with Crippen LogP contribution >= 0.6 is 0 Å². The third-order valence-electron chi connectivity index (χ3n) is 4.80. The molecule has 0 aliphatic carbocycles. The minimum atomic E-state index is -0.271. The maximum absolute atomic E-state index is 13.0. The third kappa shape index (κ3) is 4.48. The van der Waals surface area contributed by atoms with Crippen LogP contribution in [0.5, 0.6) is 0 Å². The number of fused-ring (bicyclic) bond motifs is 1. The summed E-state index contributed by atoms with van der Waals surface area (Å²) in [4.78, 5) is 29.1. The molecule has 0 saturated heterocycles. The Bertz CT molecular complexity index is 1210. The average molecular weight is 418 g/mol. The zero-order chi connectivity index (χ0) is 21.8. The molecule has 158 valence electrons. The van der Waals surface area contributed by atoms with Crippen LogP contribution in [-0.4, -0.2) is 22.0 Å². The number of anilines is 1.